The quantitative estimate of drug-likeness (QED) is 0.313. The first kappa shape index (κ1) is 17.0. The Morgan fingerprint density at radius 2 is 2.00 bits per heavy atom. The number of hydrogen-bond donors (Lipinski definition) is 2. The van der Waals surface area contributed by atoms with Gasteiger partial charge in [0.1, 0.15) is 5.76 Å². The number of ketones is 1. The molecule has 0 bridgehead atoms. The van der Waals surface area contributed by atoms with E-state index in [1.165, 1.54) is 0 Å². The van der Waals surface area contributed by atoms with E-state index in [4.69, 9.17) is 11.6 Å². The van der Waals surface area contributed by atoms with Gasteiger partial charge in [0.15, 0.2) is 0 Å². The van der Waals surface area contributed by atoms with E-state index in [-0.39, 0.29) is 11.6 Å². The molecule has 27 heavy (non-hydrogen) atoms. The zero-order chi connectivity index (χ0) is 18.8. The van der Waals surface area contributed by atoms with Gasteiger partial charge >= 0.3 is 0 Å². The SMILES string of the molecule is O=C(/C=C(/O)c1cn(Cc2ccccc2)c2c(Cl)cccc12)c1nn[nH]n1. The number of hydrogen-bond acceptors (Lipinski definition) is 5. The fourth-order valence-electron chi connectivity index (χ4n) is 2.96. The van der Waals surface area contributed by atoms with Crippen molar-refractivity contribution in [3.8, 4) is 0 Å². The standard InChI is InChI=1S/C19H14ClN5O2/c20-15-8-4-7-13-14(16(26)9-17(27)19-21-23-24-22-19)11-25(18(13)15)10-12-5-2-1-3-6-12/h1-9,11,26H,10H2,(H,21,22,23,24)/b16-9+. The highest BCUT2D eigenvalue weighted by molar-refractivity contribution is 6.35. The minimum Gasteiger partial charge on any atom is -0.507 e. The zero-order valence-corrected chi connectivity index (χ0v) is 14.8. The molecule has 0 fully saturated rings. The summed E-state index contributed by atoms with van der Waals surface area (Å²) in [4.78, 5) is 12.1. The molecule has 2 aromatic heterocycles. The maximum atomic E-state index is 12.1. The van der Waals surface area contributed by atoms with Crippen LogP contribution in [0.1, 0.15) is 21.7 Å². The van der Waals surface area contributed by atoms with Crippen LogP contribution >= 0.6 is 11.6 Å². The number of aliphatic hydroxyl groups is 1. The minimum absolute atomic E-state index is 0.118. The molecule has 0 amide bonds. The molecule has 2 heterocycles. The van der Waals surface area contributed by atoms with Crippen LogP contribution in [0.5, 0.6) is 0 Å². The Labute approximate surface area is 158 Å². The maximum Gasteiger partial charge on any atom is 0.244 e. The summed E-state index contributed by atoms with van der Waals surface area (Å²) in [5.74, 6) is -0.858. The van der Waals surface area contributed by atoms with E-state index in [1.54, 1.807) is 18.3 Å². The van der Waals surface area contributed by atoms with Crippen LogP contribution in [0.2, 0.25) is 5.02 Å². The van der Waals surface area contributed by atoms with Crippen LogP contribution in [0.25, 0.3) is 16.7 Å². The molecule has 0 aliphatic carbocycles. The van der Waals surface area contributed by atoms with E-state index < -0.39 is 5.78 Å². The predicted molar refractivity (Wildman–Crippen MR) is 102 cm³/mol. The molecule has 0 spiro atoms. The van der Waals surface area contributed by atoms with E-state index in [0.717, 1.165) is 22.5 Å². The van der Waals surface area contributed by atoms with Crippen molar-refractivity contribution < 1.29 is 9.90 Å². The van der Waals surface area contributed by atoms with Crippen molar-refractivity contribution in [2.24, 2.45) is 0 Å². The molecule has 0 saturated carbocycles. The molecule has 0 aliphatic heterocycles. The summed E-state index contributed by atoms with van der Waals surface area (Å²) in [5, 5.41) is 24.7. The largest absolute Gasteiger partial charge is 0.507 e. The maximum absolute atomic E-state index is 12.1. The number of carbonyl (C=O) groups excluding carboxylic acids is 1. The summed E-state index contributed by atoms with van der Waals surface area (Å²) < 4.78 is 1.95. The van der Waals surface area contributed by atoms with Crippen molar-refractivity contribution in [1.82, 2.24) is 25.2 Å². The van der Waals surface area contributed by atoms with Crippen molar-refractivity contribution >= 4 is 34.0 Å². The molecule has 2 N–H and O–H groups in total. The van der Waals surface area contributed by atoms with Crippen LogP contribution in [0.4, 0.5) is 0 Å². The average Bonchev–Trinajstić information content (AvgIpc) is 3.32. The first-order valence-corrected chi connectivity index (χ1v) is 8.51. The highest BCUT2D eigenvalue weighted by Gasteiger charge is 2.17. The number of tetrazole rings is 1. The number of nitrogens with one attached hydrogen (secondary N) is 1. The summed E-state index contributed by atoms with van der Waals surface area (Å²) in [6.45, 7) is 0.577. The van der Waals surface area contributed by atoms with Crippen LogP contribution in [0.15, 0.2) is 60.8 Å². The third-order valence-electron chi connectivity index (χ3n) is 4.15. The molecule has 134 valence electrons. The summed E-state index contributed by atoms with van der Waals surface area (Å²) in [6, 6.07) is 15.3. The van der Waals surface area contributed by atoms with Crippen molar-refractivity contribution in [2.45, 2.75) is 6.54 Å². The molecule has 7 nitrogen and oxygen atoms in total. The van der Waals surface area contributed by atoms with Crippen LogP contribution in [-0.4, -0.2) is 36.1 Å². The Hall–Kier alpha value is -3.45. The van der Waals surface area contributed by atoms with E-state index in [1.807, 2.05) is 41.0 Å². The lowest BCUT2D eigenvalue weighted by Gasteiger charge is -2.06. The van der Waals surface area contributed by atoms with Gasteiger partial charge in [-0.15, -0.1) is 10.2 Å². The third-order valence-corrected chi connectivity index (χ3v) is 4.46. The van der Waals surface area contributed by atoms with Gasteiger partial charge in [-0.05, 0) is 16.8 Å². The molecule has 0 aliphatic rings. The zero-order valence-electron chi connectivity index (χ0n) is 14.0. The number of aliphatic hydroxyl groups excluding tert-OH is 1. The fraction of sp³-hybridized carbons (Fsp3) is 0.0526. The topological polar surface area (TPSA) is 96.7 Å². The van der Waals surface area contributed by atoms with Crippen LogP contribution in [0.3, 0.4) is 0 Å². The normalized spacial score (nSPS) is 11.8. The summed E-state index contributed by atoms with van der Waals surface area (Å²) in [6.07, 6.45) is 2.85. The molecule has 8 heteroatoms. The van der Waals surface area contributed by atoms with E-state index in [0.29, 0.717) is 17.1 Å². The summed E-state index contributed by atoms with van der Waals surface area (Å²) in [7, 11) is 0. The van der Waals surface area contributed by atoms with Crippen molar-refractivity contribution in [2.75, 3.05) is 0 Å². The van der Waals surface area contributed by atoms with E-state index >= 15 is 0 Å². The van der Waals surface area contributed by atoms with Crippen LogP contribution in [-0.2, 0) is 6.54 Å². The lowest BCUT2D eigenvalue weighted by atomic mass is 10.1. The number of halogens is 1. The van der Waals surface area contributed by atoms with E-state index in [9.17, 15) is 9.90 Å². The average molecular weight is 380 g/mol. The number of benzene rings is 2. The second-order valence-electron chi connectivity index (χ2n) is 5.92. The summed E-state index contributed by atoms with van der Waals surface area (Å²) >= 11 is 6.41. The number of aromatic nitrogens is 5. The number of rotatable bonds is 5. The molecule has 2 aromatic carbocycles. The predicted octanol–water partition coefficient (Wildman–Crippen LogP) is 3.64. The van der Waals surface area contributed by atoms with Gasteiger partial charge in [0.05, 0.1) is 10.5 Å². The van der Waals surface area contributed by atoms with Crippen molar-refractivity contribution in [1.29, 1.82) is 0 Å². The lowest BCUT2D eigenvalue weighted by molar-refractivity contribution is 0.103. The van der Waals surface area contributed by atoms with Gasteiger partial charge in [0.2, 0.25) is 11.6 Å². The first-order chi connectivity index (χ1) is 13.1. The second-order valence-corrected chi connectivity index (χ2v) is 6.33. The number of allylic oxidation sites excluding steroid dienone is 1. The highest BCUT2D eigenvalue weighted by atomic mass is 35.5. The van der Waals surface area contributed by atoms with Crippen LogP contribution < -0.4 is 0 Å². The number of H-pyrrole nitrogens is 1. The molecule has 0 atom stereocenters. The molecule has 0 unspecified atom stereocenters. The van der Waals surface area contributed by atoms with Crippen molar-refractivity contribution in [3.63, 3.8) is 0 Å². The molecular weight excluding hydrogens is 366 g/mol. The Morgan fingerprint density at radius 3 is 2.74 bits per heavy atom. The number of carbonyl (C=O) groups is 1. The third kappa shape index (κ3) is 3.32. The highest BCUT2D eigenvalue weighted by Crippen LogP contribution is 2.32. The van der Waals surface area contributed by atoms with Gasteiger partial charge in [-0.3, -0.25) is 4.79 Å². The molecular formula is C19H14ClN5O2. The number of nitrogens with zero attached hydrogens (tertiary/aromatic N) is 4. The van der Waals surface area contributed by atoms with Crippen LogP contribution in [0, 0.1) is 0 Å². The van der Waals surface area contributed by atoms with Gasteiger partial charge < -0.3 is 9.67 Å². The Morgan fingerprint density at radius 1 is 1.19 bits per heavy atom. The van der Waals surface area contributed by atoms with Gasteiger partial charge in [-0.2, -0.15) is 5.21 Å². The number of aromatic amines is 1. The lowest BCUT2D eigenvalue weighted by Crippen LogP contribution is -1.99. The van der Waals surface area contributed by atoms with Gasteiger partial charge in [0.25, 0.3) is 0 Å². The molecule has 4 aromatic rings. The smallest absolute Gasteiger partial charge is 0.244 e. The number of fused-ring (bicyclic) bond motifs is 1. The monoisotopic (exact) mass is 379 g/mol. The number of para-hydroxylation sites is 1. The Bertz CT molecular complexity index is 1130. The minimum atomic E-state index is -0.549. The summed E-state index contributed by atoms with van der Waals surface area (Å²) in [5.41, 5.74) is 2.37. The van der Waals surface area contributed by atoms with Gasteiger partial charge in [-0.25, -0.2) is 0 Å². The second kappa shape index (κ2) is 7.05. The molecule has 4 rings (SSSR count). The van der Waals surface area contributed by atoms with Gasteiger partial charge in [0, 0.05) is 29.8 Å². The Kier molecular flexibility index (Phi) is 4.43. The van der Waals surface area contributed by atoms with Crippen molar-refractivity contribution in [3.05, 3.63) is 82.8 Å². The fourth-order valence-corrected chi connectivity index (χ4v) is 3.24. The van der Waals surface area contributed by atoms with E-state index in [2.05, 4.69) is 20.6 Å². The van der Waals surface area contributed by atoms with Gasteiger partial charge in [-0.1, -0.05) is 54.1 Å². The Balaban J connectivity index is 1.79. The first-order valence-electron chi connectivity index (χ1n) is 8.13. The molecule has 0 radical (unpaired) electrons. The molecule has 0 saturated heterocycles.